The summed E-state index contributed by atoms with van der Waals surface area (Å²) < 4.78 is 6.29. The Morgan fingerprint density at radius 2 is 1.82 bits per heavy atom. The van der Waals surface area contributed by atoms with E-state index in [2.05, 4.69) is 10.3 Å². The summed E-state index contributed by atoms with van der Waals surface area (Å²) >= 11 is 6.22. The Kier molecular flexibility index (Phi) is 6.34. The number of para-hydroxylation sites is 1. The normalized spacial score (nSPS) is 11.3. The van der Waals surface area contributed by atoms with Gasteiger partial charge in [-0.2, -0.15) is 0 Å². The molecule has 9 heteroatoms. The second-order valence-electron chi connectivity index (χ2n) is 9.31. The summed E-state index contributed by atoms with van der Waals surface area (Å²) in [5.74, 6) is -0.837. The van der Waals surface area contributed by atoms with Crippen LogP contribution in [0.1, 0.15) is 21.6 Å². The highest BCUT2D eigenvalue weighted by Gasteiger charge is 2.24. The van der Waals surface area contributed by atoms with Crippen LogP contribution in [0.15, 0.2) is 88.1 Å². The first-order valence-electron chi connectivity index (χ1n) is 12.4. The van der Waals surface area contributed by atoms with Gasteiger partial charge < -0.3 is 25.7 Å². The smallest absolute Gasteiger partial charge is 0.336 e. The molecule has 1 aromatic heterocycles. The molecule has 1 aliphatic carbocycles. The Morgan fingerprint density at radius 3 is 2.62 bits per heavy atom. The number of anilines is 2. The molecule has 0 atom stereocenters. The molecule has 40 heavy (non-hydrogen) atoms. The van der Waals surface area contributed by atoms with Crippen LogP contribution in [0.2, 0.25) is 5.02 Å². The quantitative estimate of drug-likeness (QED) is 0.143. The minimum Gasteiger partial charge on any atom is -0.478 e. The number of aromatic nitrogens is 1. The first-order chi connectivity index (χ1) is 19.4. The highest BCUT2D eigenvalue weighted by Crippen LogP contribution is 2.43. The molecule has 0 spiro atoms. The Hall–Kier alpha value is -4.92. The van der Waals surface area contributed by atoms with Crippen molar-refractivity contribution in [2.45, 2.75) is 13.2 Å². The molecule has 198 valence electrons. The molecule has 0 saturated heterocycles. The maximum absolute atomic E-state index is 12.5. The third kappa shape index (κ3) is 4.29. The molecule has 5 N–H and O–H groups in total. The Bertz CT molecular complexity index is 1990. The van der Waals surface area contributed by atoms with Gasteiger partial charge in [-0.1, -0.05) is 48.0 Å². The summed E-state index contributed by atoms with van der Waals surface area (Å²) in [5, 5.41) is 24.4. The number of pyridine rings is 1. The van der Waals surface area contributed by atoms with Crippen LogP contribution in [-0.2, 0) is 13.2 Å². The lowest BCUT2D eigenvalue weighted by molar-refractivity contribution is 0.0697. The summed E-state index contributed by atoms with van der Waals surface area (Å²) in [6.07, 6.45) is 0. The van der Waals surface area contributed by atoms with Crippen molar-refractivity contribution in [3.63, 3.8) is 0 Å². The van der Waals surface area contributed by atoms with Crippen LogP contribution in [0.4, 0.5) is 11.4 Å². The number of fused-ring (bicyclic) bond motifs is 3. The summed E-state index contributed by atoms with van der Waals surface area (Å²) in [4.78, 5) is 29.2. The van der Waals surface area contributed by atoms with E-state index in [0.717, 1.165) is 11.1 Å². The summed E-state index contributed by atoms with van der Waals surface area (Å²) in [6, 6.07) is 22.3. The number of aromatic carboxylic acids is 1. The summed E-state index contributed by atoms with van der Waals surface area (Å²) in [5.41, 5.74) is 11.1. The van der Waals surface area contributed by atoms with Crippen molar-refractivity contribution in [1.82, 2.24) is 4.98 Å². The van der Waals surface area contributed by atoms with Crippen LogP contribution < -0.4 is 16.5 Å². The van der Waals surface area contributed by atoms with Crippen LogP contribution in [0, 0.1) is 0 Å². The molecule has 6 rings (SSSR count). The van der Waals surface area contributed by atoms with E-state index in [-0.39, 0.29) is 29.5 Å². The number of aliphatic hydroxyl groups excluding tert-OH is 1. The third-order valence-electron chi connectivity index (χ3n) is 6.90. The molecule has 4 aromatic rings. The molecule has 1 aliphatic heterocycles. The first kappa shape index (κ1) is 25.4. The number of nitrogens with one attached hydrogen (secondary N) is 1. The van der Waals surface area contributed by atoms with E-state index in [1.165, 1.54) is 18.2 Å². The minimum atomic E-state index is -1.09. The lowest BCUT2D eigenvalue weighted by Crippen LogP contribution is -2.08. The maximum atomic E-state index is 12.5. The molecule has 2 aliphatic rings. The average molecular weight is 552 g/mol. The van der Waals surface area contributed by atoms with Gasteiger partial charge in [0.05, 0.1) is 34.1 Å². The molecule has 3 aromatic carbocycles. The number of nitrogens with zero attached hydrogens (tertiary/aromatic N) is 1. The monoisotopic (exact) mass is 551 g/mol. The average Bonchev–Trinajstić information content (AvgIpc) is 2.96. The van der Waals surface area contributed by atoms with Gasteiger partial charge in [-0.05, 0) is 42.0 Å². The van der Waals surface area contributed by atoms with Crippen molar-refractivity contribution < 1.29 is 19.4 Å². The molecule has 2 heterocycles. The number of nitrogen functional groups attached to an aromatic ring is 1. The number of hydrogen-bond donors (Lipinski definition) is 4. The Balaban J connectivity index is 1.59. The number of benzene rings is 4. The number of aliphatic hydroxyl groups is 1. The van der Waals surface area contributed by atoms with E-state index in [9.17, 15) is 19.8 Å². The van der Waals surface area contributed by atoms with E-state index in [1.54, 1.807) is 36.4 Å². The molecular formula is C31H22ClN3O5. The highest BCUT2D eigenvalue weighted by atomic mass is 35.5. The Morgan fingerprint density at radius 1 is 1.00 bits per heavy atom. The van der Waals surface area contributed by atoms with Gasteiger partial charge in [-0.15, -0.1) is 0 Å². The number of rotatable bonds is 6. The summed E-state index contributed by atoms with van der Waals surface area (Å²) in [7, 11) is 0. The SMILES string of the molecule is Nc1ccc2c(-c3ccccc3C(=O)O)c3cc(Cl)c(=O)cc-3oc2c1CNc1cccc2ccc(CO)nc12. The molecule has 8 nitrogen and oxygen atoms in total. The van der Waals surface area contributed by atoms with Crippen molar-refractivity contribution in [2.75, 3.05) is 11.1 Å². The zero-order valence-corrected chi connectivity index (χ0v) is 21.7. The van der Waals surface area contributed by atoms with Gasteiger partial charge in [0.25, 0.3) is 0 Å². The molecule has 0 saturated carbocycles. The van der Waals surface area contributed by atoms with Gasteiger partial charge in [-0.3, -0.25) is 4.79 Å². The van der Waals surface area contributed by atoms with Gasteiger partial charge in [0, 0.05) is 45.8 Å². The van der Waals surface area contributed by atoms with Crippen LogP contribution in [0.3, 0.4) is 0 Å². The van der Waals surface area contributed by atoms with Crippen molar-refractivity contribution in [3.8, 4) is 22.5 Å². The lowest BCUT2D eigenvalue weighted by atomic mass is 9.90. The highest BCUT2D eigenvalue weighted by molar-refractivity contribution is 6.31. The van der Waals surface area contributed by atoms with E-state index >= 15 is 0 Å². The third-order valence-corrected chi connectivity index (χ3v) is 7.20. The fourth-order valence-electron chi connectivity index (χ4n) is 4.99. The van der Waals surface area contributed by atoms with Crippen LogP contribution in [0.25, 0.3) is 44.3 Å². The van der Waals surface area contributed by atoms with E-state index in [4.69, 9.17) is 21.8 Å². The molecule has 0 bridgehead atoms. The van der Waals surface area contributed by atoms with E-state index in [0.29, 0.717) is 50.1 Å². The maximum Gasteiger partial charge on any atom is 0.336 e. The predicted molar refractivity (Wildman–Crippen MR) is 156 cm³/mol. The standard InChI is InChI=1S/C31H22ClN3O5/c32-23-12-21-27(13-26(23)37)40-30-20(28(21)18-5-1-2-6-19(18)31(38)39)10-11-24(33)22(30)14-34-25-7-3-4-16-8-9-17(15-36)35-29(16)25/h1-13,34,36H,14-15,33H2,(H,38,39). The minimum absolute atomic E-state index is 0.000791. The van der Waals surface area contributed by atoms with E-state index in [1.807, 2.05) is 24.3 Å². The topological polar surface area (TPSA) is 139 Å². The van der Waals surface area contributed by atoms with Crippen molar-refractivity contribution in [3.05, 3.63) is 111 Å². The molecular weight excluding hydrogens is 530 g/mol. The molecule has 0 radical (unpaired) electrons. The second kappa shape index (κ2) is 10.00. The van der Waals surface area contributed by atoms with Gasteiger partial charge in [0.2, 0.25) is 5.43 Å². The van der Waals surface area contributed by atoms with Gasteiger partial charge in [-0.25, -0.2) is 9.78 Å². The predicted octanol–water partition coefficient (Wildman–Crippen LogP) is 6.15. The van der Waals surface area contributed by atoms with Gasteiger partial charge >= 0.3 is 5.97 Å². The number of nitrogens with two attached hydrogens (primary N) is 1. The zero-order valence-electron chi connectivity index (χ0n) is 20.9. The largest absolute Gasteiger partial charge is 0.478 e. The van der Waals surface area contributed by atoms with Crippen molar-refractivity contribution in [2.24, 2.45) is 0 Å². The fraction of sp³-hybridized carbons (Fsp3) is 0.0645. The van der Waals surface area contributed by atoms with Crippen LogP contribution in [0.5, 0.6) is 0 Å². The van der Waals surface area contributed by atoms with Crippen LogP contribution >= 0.6 is 11.6 Å². The van der Waals surface area contributed by atoms with E-state index < -0.39 is 11.4 Å². The summed E-state index contributed by atoms with van der Waals surface area (Å²) in [6.45, 7) is 0.0545. The number of carboxylic acids is 1. The van der Waals surface area contributed by atoms with Crippen molar-refractivity contribution >= 4 is 50.8 Å². The second-order valence-corrected chi connectivity index (χ2v) is 9.72. The molecule has 0 fully saturated rings. The van der Waals surface area contributed by atoms with Gasteiger partial charge in [0.15, 0.2) is 0 Å². The lowest BCUT2D eigenvalue weighted by Gasteiger charge is -2.20. The van der Waals surface area contributed by atoms with Crippen LogP contribution in [-0.4, -0.2) is 21.2 Å². The number of carbonyl (C=O) groups is 1. The number of carboxylic acid groups (broad SMARTS) is 1. The number of halogens is 1. The van der Waals surface area contributed by atoms with Crippen molar-refractivity contribution in [1.29, 1.82) is 0 Å². The zero-order chi connectivity index (χ0) is 28.0. The first-order valence-corrected chi connectivity index (χ1v) is 12.8. The Labute approximate surface area is 232 Å². The number of hydrogen-bond acceptors (Lipinski definition) is 7. The van der Waals surface area contributed by atoms with Gasteiger partial charge in [0.1, 0.15) is 11.3 Å². The fourth-order valence-corrected chi connectivity index (χ4v) is 5.15. The molecule has 0 unspecified atom stereocenters. The molecule has 0 amide bonds.